The van der Waals surface area contributed by atoms with Crippen LogP contribution in [0, 0.1) is 6.92 Å². The summed E-state index contributed by atoms with van der Waals surface area (Å²) < 4.78 is 1.72. The van der Waals surface area contributed by atoms with Gasteiger partial charge in [-0.3, -0.25) is 0 Å². The number of nitrogens with zero attached hydrogens (tertiary/aromatic N) is 4. The van der Waals surface area contributed by atoms with Gasteiger partial charge in [0.25, 0.3) is 0 Å². The van der Waals surface area contributed by atoms with Crippen LogP contribution in [-0.2, 0) is 0 Å². The van der Waals surface area contributed by atoms with Crippen molar-refractivity contribution in [2.24, 2.45) is 0 Å². The van der Waals surface area contributed by atoms with E-state index in [2.05, 4.69) is 20.4 Å². The molecule has 0 aliphatic rings. The normalized spacial score (nSPS) is 10.1. The van der Waals surface area contributed by atoms with Crippen LogP contribution in [0.3, 0.4) is 0 Å². The summed E-state index contributed by atoms with van der Waals surface area (Å²) in [6.45, 7) is 1.99. The molecule has 0 amide bonds. The number of nitrogens with one attached hydrogen (secondary N) is 1. The van der Waals surface area contributed by atoms with Crippen molar-refractivity contribution in [2.45, 2.75) is 6.92 Å². The maximum atomic E-state index is 4.25. The summed E-state index contributed by atoms with van der Waals surface area (Å²) in [7, 11) is 1.79. The minimum atomic E-state index is 0.593. The Labute approximate surface area is 81.8 Å². The highest BCUT2D eigenvalue weighted by Gasteiger charge is 2.00. The average molecular weight is 189 g/mol. The molecular weight excluding hydrogens is 178 g/mol. The Kier molecular flexibility index (Phi) is 2.14. The van der Waals surface area contributed by atoms with Crippen LogP contribution in [0.4, 0.5) is 5.95 Å². The highest BCUT2D eigenvalue weighted by molar-refractivity contribution is 5.30. The van der Waals surface area contributed by atoms with Crippen molar-refractivity contribution in [3.63, 3.8) is 0 Å². The molecule has 2 aromatic rings. The van der Waals surface area contributed by atoms with E-state index in [0.29, 0.717) is 5.95 Å². The number of hydrogen-bond acceptors (Lipinski definition) is 4. The average Bonchev–Trinajstić information content (AvgIpc) is 2.65. The van der Waals surface area contributed by atoms with E-state index < -0.39 is 0 Å². The Morgan fingerprint density at radius 1 is 1.43 bits per heavy atom. The van der Waals surface area contributed by atoms with Crippen LogP contribution in [0.5, 0.6) is 0 Å². The third-order valence-corrected chi connectivity index (χ3v) is 1.81. The fourth-order valence-electron chi connectivity index (χ4n) is 1.14. The lowest BCUT2D eigenvalue weighted by Gasteiger charge is -2.01. The van der Waals surface area contributed by atoms with Gasteiger partial charge in [-0.25, -0.2) is 9.67 Å². The molecule has 0 aliphatic carbocycles. The van der Waals surface area contributed by atoms with E-state index in [0.717, 1.165) is 11.4 Å². The molecule has 0 radical (unpaired) electrons. The summed E-state index contributed by atoms with van der Waals surface area (Å²) in [5, 5.41) is 7.04. The first-order valence-corrected chi connectivity index (χ1v) is 4.32. The van der Waals surface area contributed by atoms with E-state index in [-0.39, 0.29) is 0 Å². The van der Waals surface area contributed by atoms with Crippen LogP contribution >= 0.6 is 0 Å². The van der Waals surface area contributed by atoms with Gasteiger partial charge in [0, 0.05) is 25.5 Å². The van der Waals surface area contributed by atoms with Gasteiger partial charge in [0.15, 0.2) is 5.82 Å². The van der Waals surface area contributed by atoms with E-state index in [1.54, 1.807) is 24.1 Å². The molecule has 0 aliphatic heterocycles. The summed E-state index contributed by atoms with van der Waals surface area (Å²) in [5.74, 6) is 1.35. The largest absolute Gasteiger partial charge is 0.357 e. The predicted molar refractivity (Wildman–Crippen MR) is 53.4 cm³/mol. The van der Waals surface area contributed by atoms with Crippen molar-refractivity contribution >= 4 is 5.95 Å². The van der Waals surface area contributed by atoms with E-state index >= 15 is 0 Å². The SMILES string of the molecule is CNc1nccc(-n2cc(C)cn2)n1. The van der Waals surface area contributed by atoms with Crippen molar-refractivity contribution in [1.29, 1.82) is 0 Å². The van der Waals surface area contributed by atoms with Crippen molar-refractivity contribution < 1.29 is 0 Å². The first-order valence-electron chi connectivity index (χ1n) is 4.32. The van der Waals surface area contributed by atoms with Gasteiger partial charge >= 0.3 is 0 Å². The molecule has 0 atom stereocenters. The molecule has 72 valence electrons. The van der Waals surface area contributed by atoms with Crippen molar-refractivity contribution in [2.75, 3.05) is 12.4 Å². The van der Waals surface area contributed by atoms with Gasteiger partial charge in [0.05, 0.1) is 6.20 Å². The highest BCUT2D eigenvalue weighted by Crippen LogP contribution is 2.05. The predicted octanol–water partition coefficient (Wildman–Crippen LogP) is 1.01. The third-order valence-electron chi connectivity index (χ3n) is 1.81. The Balaban J connectivity index is 2.41. The van der Waals surface area contributed by atoms with Gasteiger partial charge in [-0.1, -0.05) is 0 Å². The van der Waals surface area contributed by atoms with E-state index in [1.165, 1.54) is 0 Å². The highest BCUT2D eigenvalue weighted by atomic mass is 15.3. The molecule has 0 unspecified atom stereocenters. The Morgan fingerprint density at radius 3 is 2.93 bits per heavy atom. The Bertz CT molecular complexity index is 434. The van der Waals surface area contributed by atoms with E-state index in [9.17, 15) is 0 Å². The maximum absolute atomic E-state index is 4.25. The van der Waals surface area contributed by atoms with Crippen molar-refractivity contribution in [3.05, 3.63) is 30.2 Å². The number of aryl methyl sites for hydroxylation is 1. The molecule has 0 saturated heterocycles. The zero-order valence-electron chi connectivity index (χ0n) is 8.10. The number of hydrogen-bond donors (Lipinski definition) is 1. The lowest BCUT2D eigenvalue weighted by Crippen LogP contribution is -2.02. The first kappa shape index (κ1) is 8.68. The maximum Gasteiger partial charge on any atom is 0.224 e. The molecule has 2 aromatic heterocycles. The van der Waals surface area contributed by atoms with Crippen LogP contribution in [0.1, 0.15) is 5.56 Å². The molecule has 0 saturated carbocycles. The number of aromatic nitrogens is 4. The summed E-state index contributed by atoms with van der Waals surface area (Å²) >= 11 is 0. The second-order valence-electron chi connectivity index (χ2n) is 2.95. The van der Waals surface area contributed by atoms with Crippen LogP contribution in [0.25, 0.3) is 5.82 Å². The Hall–Kier alpha value is -1.91. The summed E-state index contributed by atoms with van der Waals surface area (Å²) in [5.41, 5.74) is 1.11. The van der Waals surface area contributed by atoms with Gasteiger partial charge in [-0.05, 0) is 12.5 Å². The fraction of sp³-hybridized carbons (Fsp3) is 0.222. The Morgan fingerprint density at radius 2 is 2.29 bits per heavy atom. The topological polar surface area (TPSA) is 55.6 Å². The summed E-state index contributed by atoms with van der Waals surface area (Å²) in [6.07, 6.45) is 5.41. The third kappa shape index (κ3) is 1.56. The van der Waals surface area contributed by atoms with Gasteiger partial charge in [-0.2, -0.15) is 10.1 Å². The molecule has 0 spiro atoms. The molecule has 0 aromatic carbocycles. The minimum Gasteiger partial charge on any atom is -0.357 e. The van der Waals surface area contributed by atoms with Crippen molar-refractivity contribution in [1.82, 2.24) is 19.7 Å². The molecule has 2 rings (SSSR count). The van der Waals surface area contributed by atoms with Crippen LogP contribution in [0.2, 0.25) is 0 Å². The van der Waals surface area contributed by atoms with Gasteiger partial charge in [0.1, 0.15) is 0 Å². The fourth-order valence-corrected chi connectivity index (χ4v) is 1.14. The number of rotatable bonds is 2. The lowest BCUT2D eigenvalue weighted by molar-refractivity contribution is 0.841. The second-order valence-corrected chi connectivity index (χ2v) is 2.95. The molecule has 5 nitrogen and oxygen atoms in total. The molecule has 14 heavy (non-hydrogen) atoms. The minimum absolute atomic E-state index is 0.593. The molecule has 1 N–H and O–H groups in total. The standard InChI is InChI=1S/C9H11N5/c1-7-5-12-14(6-7)8-3-4-11-9(10-2)13-8/h3-6H,1-2H3,(H,10,11,13). The monoisotopic (exact) mass is 189 g/mol. The van der Waals surface area contributed by atoms with Crippen LogP contribution in [-0.4, -0.2) is 26.8 Å². The molecule has 5 heteroatoms. The van der Waals surface area contributed by atoms with Gasteiger partial charge in [0.2, 0.25) is 5.95 Å². The van der Waals surface area contributed by atoms with E-state index in [4.69, 9.17) is 0 Å². The van der Waals surface area contributed by atoms with E-state index in [1.807, 2.05) is 19.2 Å². The van der Waals surface area contributed by atoms with Crippen LogP contribution in [0.15, 0.2) is 24.7 Å². The first-order chi connectivity index (χ1) is 6.79. The van der Waals surface area contributed by atoms with Crippen molar-refractivity contribution in [3.8, 4) is 5.82 Å². The molecule has 2 heterocycles. The lowest BCUT2D eigenvalue weighted by atomic mass is 10.4. The zero-order valence-corrected chi connectivity index (χ0v) is 8.10. The quantitative estimate of drug-likeness (QED) is 0.766. The van der Waals surface area contributed by atoms with Gasteiger partial charge in [-0.15, -0.1) is 0 Å². The zero-order chi connectivity index (χ0) is 9.97. The second kappa shape index (κ2) is 3.45. The number of anilines is 1. The van der Waals surface area contributed by atoms with Crippen LogP contribution < -0.4 is 5.32 Å². The molecule has 0 bridgehead atoms. The molecular formula is C9H11N5. The van der Waals surface area contributed by atoms with Gasteiger partial charge < -0.3 is 5.32 Å². The summed E-state index contributed by atoms with van der Waals surface area (Å²) in [6, 6.07) is 1.81. The molecule has 0 fully saturated rings. The summed E-state index contributed by atoms with van der Waals surface area (Å²) in [4.78, 5) is 8.28. The smallest absolute Gasteiger partial charge is 0.224 e.